The first-order chi connectivity index (χ1) is 7.81. The zero-order valence-electron chi connectivity index (χ0n) is 9.28. The number of rotatable bonds is 3. The third-order valence-corrected chi connectivity index (χ3v) is 3.31. The van der Waals surface area contributed by atoms with Gasteiger partial charge in [-0.2, -0.15) is 5.10 Å². The van der Waals surface area contributed by atoms with E-state index in [-0.39, 0.29) is 11.8 Å². The number of carbonyl (C=O) groups is 1. The van der Waals surface area contributed by atoms with Crippen LogP contribution in [0.2, 0.25) is 0 Å². The van der Waals surface area contributed by atoms with Crippen molar-refractivity contribution in [1.82, 2.24) is 10.2 Å². The molecule has 1 aliphatic rings. The maximum Gasteiger partial charge on any atom is 0.227 e. The molecule has 2 atom stereocenters. The van der Waals surface area contributed by atoms with Gasteiger partial charge in [-0.1, -0.05) is 12.8 Å². The van der Waals surface area contributed by atoms with Crippen molar-refractivity contribution >= 4 is 11.6 Å². The Bertz CT molecular complexity index is 336. The van der Waals surface area contributed by atoms with Crippen LogP contribution < -0.4 is 11.1 Å². The Labute approximate surface area is 94.8 Å². The second-order valence-electron chi connectivity index (χ2n) is 4.36. The summed E-state index contributed by atoms with van der Waals surface area (Å²) in [6.07, 6.45) is 7.62. The molecule has 88 valence electrons. The highest BCUT2D eigenvalue weighted by molar-refractivity contribution is 5.92. The fourth-order valence-corrected chi connectivity index (χ4v) is 2.39. The summed E-state index contributed by atoms with van der Waals surface area (Å²) in [6, 6.07) is 0. The molecular weight excluding hydrogens is 204 g/mol. The first kappa shape index (κ1) is 11.1. The lowest BCUT2D eigenvalue weighted by molar-refractivity contribution is -0.122. The van der Waals surface area contributed by atoms with Gasteiger partial charge in [0, 0.05) is 12.1 Å². The quantitative estimate of drug-likeness (QED) is 0.716. The molecule has 1 saturated carbocycles. The number of hydrogen-bond donors (Lipinski definition) is 3. The number of amides is 1. The van der Waals surface area contributed by atoms with Crippen molar-refractivity contribution in [2.45, 2.75) is 25.7 Å². The lowest BCUT2D eigenvalue weighted by Crippen LogP contribution is -2.35. The monoisotopic (exact) mass is 222 g/mol. The molecule has 0 saturated heterocycles. The second kappa shape index (κ2) is 5.12. The maximum absolute atomic E-state index is 12.0. The highest BCUT2D eigenvalue weighted by Crippen LogP contribution is 2.30. The van der Waals surface area contributed by atoms with Crippen LogP contribution in [0, 0.1) is 11.8 Å². The molecule has 1 heterocycles. The number of nitrogens with one attached hydrogen (secondary N) is 2. The Balaban J connectivity index is 1.97. The highest BCUT2D eigenvalue weighted by Gasteiger charge is 2.29. The molecule has 0 spiro atoms. The molecule has 0 aliphatic heterocycles. The zero-order chi connectivity index (χ0) is 11.4. The molecule has 1 aliphatic carbocycles. The van der Waals surface area contributed by atoms with Crippen LogP contribution in [0.25, 0.3) is 0 Å². The fraction of sp³-hybridized carbons (Fsp3) is 0.636. The maximum atomic E-state index is 12.0. The SMILES string of the molecule is NCC1CCCCC1C(=O)Nc1cn[nH]c1. The number of nitrogens with two attached hydrogens (primary N) is 1. The normalized spacial score (nSPS) is 25.3. The molecule has 1 amide bonds. The lowest BCUT2D eigenvalue weighted by atomic mass is 9.79. The van der Waals surface area contributed by atoms with E-state index in [9.17, 15) is 4.79 Å². The molecule has 4 N–H and O–H groups in total. The lowest BCUT2D eigenvalue weighted by Gasteiger charge is -2.29. The van der Waals surface area contributed by atoms with Gasteiger partial charge in [-0.05, 0) is 25.3 Å². The van der Waals surface area contributed by atoms with Crippen molar-refractivity contribution in [2.24, 2.45) is 17.6 Å². The van der Waals surface area contributed by atoms with Crippen LogP contribution in [-0.2, 0) is 4.79 Å². The van der Waals surface area contributed by atoms with E-state index in [1.165, 1.54) is 6.42 Å². The summed E-state index contributed by atoms with van der Waals surface area (Å²) < 4.78 is 0. The Kier molecular flexibility index (Phi) is 3.56. The Morgan fingerprint density at radius 2 is 2.38 bits per heavy atom. The van der Waals surface area contributed by atoms with Crippen LogP contribution in [0.1, 0.15) is 25.7 Å². The van der Waals surface area contributed by atoms with Crippen LogP contribution >= 0.6 is 0 Å². The number of aromatic nitrogens is 2. The molecule has 2 unspecified atom stereocenters. The summed E-state index contributed by atoms with van der Waals surface area (Å²) in [7, 11) is 0. The van der Waals surface area contributed by atoms with Gasteiger partial charge in [0.15, 0.2) is 0 Å². The van der Waals surface area contributed by atoms with Crippen molar-refractivity contribution < 1.29 is 4.79 Å². The minimum Gasteiger partial charge on any atom is -0.330 e. The van der Waals surface area contributed by atoms with Gasteiger partial charge < -0.3 is 11.1 Å². The highest BCUT2D eigenvalue weighted by atomic mass is 16.1. The molecular formula is C11H18N4O. The minimum atomic E-state index is 0.0636. The van der Waals surface area contributed by atoms with Crippen LogP contribution in [0.15, 0.2) is 12.4 Å². The van der Waals surface area contributed by atoms with Crippen molar-refractivity contribution in [3.63, 3.8) is 0 Å². The summed E-state index contributed by atoms with van der Waals surface area (Å²) in [5.74, 6) is 0.478. The molecule has 0 bridgehead atoms. The van der Waals surface area contributed by atoms with Gasteiger partial charge in [0.1, 0.15) is 0 Å². The average molecular weight is 222 g/mol. The summed E-state index contributed by atoms with van der Waals surface area (Å²) in [4.78, 5) is 12.0. The van der Waals surface area contributed by atoms with E-state index >= 15 is 0 Å². The van der Waals surface area contributed by atoms with Crippen molar-refractivity contribution in [3.8, 4) is 0 Å². The number of aromatic amines is 1. The first-order valence-electron chi connectivity index (χ1n) is 5.81. The number of anilines is 1. The summed E-state index contributed by atoms with van der Waals surface area (Å²) in [5, 5.41) is 9.34. The average Bonchev–Trinajstić information content (AvgIpc) is 2.81. The summed E-state index contributed by atoms with van der Waals surface area (Å²) in [6.45, 7) is 0.601. The van der Waals surface area contributed by atoms with Crippen LogP contribution in [-0.4, -0.2) is 22.6 Å². The molecule has 2 rings (SSSR count). The Hall–Kier alpha value is -1.36. The summed E-state index contributed by atoms with van der Waals surface area (Å²) in [5.41, 5.74) is 6.43. The smallest absolute Gasteiger partial charge is 0.227 e. The van der Waals surface area contributed by atoms with Gasteiger partial charge in [-0.15, -0.1) is 0 Å². The Morgan fingerprint density at radius 1 is 1.56 bits per heavy atom. The van der Waals surface area contributed by atoms with E-state index in [4.69, 9.17) is 5.73 Å². The molecule has 0 aromatic carbocycles. The van der Waals surface area contributed by atoms with Gasteiger partial charge in [-0.3, -0.25) is 9.89 Å². The van der Waals surface area contributed by atoms with E-state index in [0.29, 0.717) is 12.5 Å². The van der Waals surface area contributed by atoms with Crippen LogP contribution in [0.5, 0.6) is 0 Å². The zero-order valence-corrected chi connectivity index (χ0v) is 9.28. The van der Waals surface area contributed by atoms with E-state index in [2.05, 4.69) is 15.5 Å². The molecule has 5 nitrogen and oxygen atoms in total. The number of carbonyl (C=O) groups excluding carboxylic acids is 1. The molecule has 5 heteroatoms. The van der Waals surface area contributed by atoms with Gasteiger partial charge in [-0.25, -0.2) is 0 Å². The third-order valence-electron chi connectivity index (χ3n) is 3.31. The van der Waals surface area contributed by atoms with Gasteiger partial charge in [0.2, 0.25) is 5.91 Å². The molecule has 0 radical (unpaired) electrons. The molecule has 1 fully saturated rings. The number of H-pyrrole nitrogens is 1. The molecule has 1 aromatic rings. The van der Waals surface area contributed by atoms with Gasteiger partial charge >= 0.3 is 0 Å². The third kappa shape index (κ3) is 2.41. The van der Waals surface area contributed by atoms with Crippen LogP contribution in [0.4, 0.5) is 5.69 Å². The number of hydrogen-bond acceptors (Lipinski definition) is 3. The predicted octanol–water partition coefficient (Wildman–Crippen LogP) is 1.11. The van der Waals surface area contributed by atoms with Crippen molar-refractivity contribution in [2.75, 3.05) is 11.9 Å². The molecule has 1 aromatic heterocycles. The largest absolute Gasteiger partial charge is 0.330 e. The van der Waals surface area contributed by atoms with E-state index in [1.807, 2.05) is 0 Å². The van der Waals surface area contributed by atoms with Crippen LogP contribution in [0.3, 0.4) is 0 Å². The first-order valence-corrected chi connectivity index (χ1v) is 5.81. The van der Waals surface area contributed by atoms with Gasteiger partial charge in [0.25, 0.3) is 0 Å². The van der Waals surface area contributed by atoms with Crippen molar-refractivity contribution in [1.29, 1.82) is 0 Å². The number of nitrogens with zero attached hydrogens (tertiary/aromatic N) is 1. The van der Waals surface area contributed by atoms with E-state index in [1.54, 1.807) is 12.4 Å². The Morgan fingerprint density at radius 3 is 3.06 bits per heavy atom. The minimum absolute atomic E-state index is 0.0636. The summed E-state index contributed by atoms with van der Waals surface area (Å²) >= 11 is 0. The van der Waals surface area contributed by atoms with E-state index < -0.39 is 0 Å². The predicted molar refractivity (Wildman–Crippen MR) is 61.7 cm³/mol. The topological polar surface area (TPSA) is 83.8 Å². The van der Waals surface area contributed by atoms with Gasteiger partial charge in [0.05, 0.1) is 11.9 Å². The second-order valence-corrected chi connectivity index (χ2v) is 4.36. The fourth-order valence-electron chi connectivity index (χ4n) is 2.39. The molecule has 16 heavy (non-hydrogen) atoms. The van der Waals surface area contributed by atoms with Crippen molar-refractivity contribution in [3.05, 3.63) is 12.4 Å². The standard InChI is InChI=1S/C11H18N4O/c12-5-8-3-1-2-4-10(8)11(16)15-9-6-13-14-7-9/h6-8,10H,1-5,12H2,(H,13,14)(H,15,16). The van der Waals surface area contributed by atoms with E-state index in [0.717, 1.165) is 24.9 Å².